The zero-order valence-corrected chi connectivity index (χ0v) is 11.6. The first-order valence-corrected chi connectivity index (χ1v) is 6.45. The summed E-state index contributed by atoms with van der Waals surface area (Å²) in [7, 11) is 1.70. The van der Waals surface area contributed by atoms with Crippen LogP contribution in [0.5, 0.6) is 5.75 Å². The standard InChI is InChI=1S/C15H18N2O3/c1-3-19-12-6-4-11(5-7-12)17(2)15(18)14-9-8-13(10-16)20-14/h4-9H,3,10,16H2,1-2H3. The smallest absolute Gasteiger partial charge is 0.293 e. The lowest BCUT2D eigenvalue weighted by Crippen LogP contribution is -2.25. The van der Waals surface area contributed by atoms with Crippen LogP contribution in [0.2, 0.25) is 0 Å². The molecule has 0 fully saturated rings. The van der Waals surface area contributed by atoms with Gasteiger partial charge in [-0.2, -0.15) is 0 Å². The van der Waals surface area contributed by atoms with Crippen LogP contribution >= 0.6 is 0 Å². The van der Waals surface area contributed by atoms with Crippen molar-refractivity contribution in [3.63, 3.8) is 0 Å². The molecule has 1 aromatic carbocycles. The van der Waals surface area contributed by atoms with E-state index in [2.05, 4.69) is 0 Å². The topological polar surface area (TPSA) is 68.7 Å². The average molecular weight is 274 g/mol. The Balaban J connectivity index is 2.13. The lowest BCUT2D eigenvalue weighted by atomic mass is 10.2. The third kappa shape index (κ3) is 3.00. The van der Waals surface area contributed by atoms with Crippen LogP contribution in [0, 0.1) is 0 Å². The van der Waals surface area contributed by atoms with Crippen LogP contribution in [0.3, 0.4) is 0 Å². The Morgan fingerprint density at radius 2 is 1.95 bits per heavy atom. The molecule has 1 heterocycles. The second-order valence-electron chi connectivity index (χ2n) is 4.26. The largest absolute Gasteiger partial charge is 0.494 e. The molecule has 0 bridgehead atoms. The average Bonchev–Trinajstić information content (AvgIpc) is 2.96. The monoisotopic (exact) mass is 274 g/mol. The molecule has 0 saturated carbocycles. The van der Waals surface area contributed by atoms with Crippen LogP contribution < -0.4 is 15.4 Å². The third-order valence-corrected chi connectivity index (χ3v) is 2.91. The highest BCUT2D eigenvalue weighted by Crippen LogP contribution is 2.20. The molecule has 5 nitrogen and oxygen atoms in total. The fourth-order valence-electron chi connectivity index (χ4n) is 1.82. The molecule has 0 atom stereocenters. The highest BCUT2D eigenvalue weighted by molar-refractivity contribution is 6.03. The number of amides is 1. The molecular weight excluding hydrogens is 256 g/mol. The maximum absolute atomic E-state index is 12.2. The number of ether oxygens (including phenoxy) is 1. The summed E-state index contributed by atoms with van der Waals surface area (Å²) in [4.78, 5) is 13.8. The van der Waals surface area contributed by atoms with E-state index in [4.69, 9.17) is 14.9 Å². The fourth-order valence-corrected chi connectivity index (χ4v) is 1.82. The summed E-state index contributed by atoms with van der Waals surface area (Å²) >= 11 is 0. The minimum atomic E-state index is -0.214. The molecule has 2 aromatic rings. The van der Waals surface area contributed by atoms with Crippen molar-refractivity contribution in [3.05, 3.63) is 47.9 Å². The molecular formula is C15H18N2O3. The summed E-state index contributed by atoms with van der Waals surface area (Å²) in [6.07, 6.45) is 0. The molecule has 2 N–H and O–H groups in total. The van der Waals surface area contributed by atoms with Gasteiger partial charge in [0, 0.05) is 12.7 Å². The first-order chi connectivity index (χ1) is 9.65. The minimum Gasteiger partial charge on any atom is -0.494 e. The van der Waals surface area contributed by atoms with Gasteiger partial charge in [0.15, 0.2) is 5.76 Å². The van der Waals surface area contributed by atoms with Crippen molar-refractivity contribution in [1.29, 1.82) is 0 Å². The Morgan fingerprint density at radius 1 is 1.25 bits per heavy atom. The van der Waals surface area contributed by atoms with Gasteiger partial charge >= 0.3 is 0 Å². The summed E-state index contributed by atoms with van der Waals surface area (Å²) in [5.74, 6) is 1.43. The number of carbonyl (C=O) groups is 1. The molecule has 0 aliphatic heterocycles. The van der Waals surface area contributed by atoms with E-state index >= 15 is 0 Å². The Hall–Kier alpha value is -2.27. The van der Waals surface area contributed by atoms with E-state index in [1.54, 1.807) is 19.2 Å². The molecule has 106 valence electrons. The minimum absolute atomic E-state index is 0.214. The van der Waals surface area contributed by atoms with Gasteiger partial charge in [0.25, 0.3) is 5.91 Å². The fraction of sp³-hybridized carbons (Fsp3) is 0.267. The van der Waals surface area contributed by atoms with E-state index in [9.17, 15) is 4.79 Å². The van der Waals surface area contributed by atoms with Gasteiger partial charge < -0.3 is 19.8 Å². The maximum atomic E-state index is 12.2. The van der Waals surface area contributed by atoms with Crippen molar-refractivity contribution in [2.75, 3.05) is 18.6 Å². The molecule has 2 rings (SSSR count). The lowest BCUT2D eigenvalue weighted by Gasteiger charge is -2.16. The van der Waals surface area contributed by atoms with Crippen molar-refractivity contribution in [1.82, 2.24) is 0 Å². The number of anilines is 1. The summed E-state index contributed by atoms with van der Waals surface area (Å²) in [6.45, 7) is 2.82. The van der Waals surface area contributed by atoms with Gasteiger partial charge in [-0.3, -0.25) is 4.79 Å². The number of hydrogen-bond donors (Lipinski definition) is 1. The van der Waals surface area contributed by atoms with E-state index in [0.29, 0.717) is 12.4 Å². The molecule has 5 heteroatoms. The zero-order chi connectivity index (χ0) is 14.5. The van der Waals surface area contributed by atoms with Crippen LogP contribution in [-0.2, 0) is 6.54 Å². The number of nitrogens with two attached hydrogens (primary N) is 1. The summed E-state index contributed by atoms with van der Waals surface area (Å²) in [6, 6.07) is 10.7. The number of nitrogens with zero attached hydrogens (tertiary/aromatic N) is 1. The van der Waals surface area contributed by atoms with Gasteiger partial charge in [-0.25, -0.2) is 0 Å². The second-order valence-corrected chi connectivity index (χ2v) is 4.26. The number of furan rings is 1. The van der Waals surface area contributed by atoms with Crippen LogP contribution in [0.4, 0.5) is 5.69 Å². The Morgan fingerprint density at radius 3 is 2.50 bits per heavy atom. The number of carbonyl (C=O) groups excluding carboxylic acids is 1. The summed E-state index contributed by atoms with van der Waals surface area (Å²) in [5.41, 5.74) is 6.23. The van der Waals surface area contributed by atoms with Gasteiger partial charge in [-0.1, -0.05) is 0 Å². The van der Waals surface area contributed by atoms with Crippen LogP contribution in [0.15, 0.2) is 40.8 Å². The van der Waals surface area contributed by atoms with Crippen molar-refractivity contribution in [2.45, 2.75) is 13.5 Å². The summed E-state index contributed by atoms with van der Waals surface area (Å²) in [5, 5.41) is 0. The van der Waals surface area contributed by atoms with Crippen molar-refractivity contribution >= 4 is 11.6 Å². The van der Waals surface area contributed by atoms with Gasteiger partial charge in [0.2, 0.25) is 0 Å². The SMILES string of the molecule is CCOc1ccc(N(C)C(=O)c2ccc(CN)o2)cc1. The predicted octanol–water partition coefficient (Wildman–Crippen LogP) is 2.41. The van der Waals surface area contributed by atoms with Gasteiger partial charge in [-0.15, -0.1) is 0 Å². The van der Waals surface area contributed by atoms with E-state index in [1.807, 2.05) is 31.2 Å². The highest BCUT2D eigenvalue weighted by atomic mass is 16.5. The molecule has 0 spiro atoms. The number of benzene rings is 1. The Bertz CT molecular complexity index is 575. The molecule has 1 aromatic heterocycles. The predicted molar refractivity (Wildman–Crippen MR) is 76.9 cm³/mol. The number of rotatable bonds is 5. The van der Waals surface area contributed by atoms with E-state index < -0.39 is 0 Å². The van der Waals surface area contributed by atoms with Crippen molar-refractivity contribution in [2.24, 2.45) is 5.73 Å². The maximum Gasteiger partial charge on any atom is 0.293 e. The Kier molecular flexibility index (Phi) is 4.42. The van der Waals surface area contributed by atoms with Crippen LogP contribution in [-0.4, -0.2) is 19.6 Å². The first kappa shape index (κ1) is 14.1. The van der Waals surface area contributed by atoms with Crippen LogP contribution in [0.1, 0.15) is 23.2 Å². The van der Waals surface area contributed by atoms with E-state index in [1.165, 1.54) is 4.90 Å². The van der Waals surface area contributed by atoms with Crippen molar-refractivity contribution < 1.29 is 13.9 Å². The van der Waals surface area contributed by atoms with Gasteiger partial charge in [0.05, 0.1) is 13.2 Å². The molecule has 0 aliphatic rings. The van der Waals surface area contributed by atoms with E-state index in [-0.39, 0.29) is 18.2 Å². The normalized spacial score (nSPS) is 10.3. The molecule has 0 unspecified atom stereocenters. The van der Waals surface area contributed by atoms with Gasteiger partial charge in [0.1, 0.15) is 11.5 Å². The van der Waals surface area contributed by atoms with Crippen LogP contribution in [0.25, 0.3) is 0 Å². The molecule has 0 saturated heterocycles. The molecule has 1 amide bonds. The molecule has 0 radical (unpaired) electrons. The van der Waals surface area contributed by atoms with Crippen molar-refractivity contribution in [3.8, 4) is 5.75 Å². The third-order valence-electron chi connectivity index (χ3n) is 2.91. The lowest BCUT2D eigenvalue weighted by molar-refractivity contribution is 0.0965. The summed E-state index contributed by atoms with van der Waals surface area (Å²) < 4.78 is 10.7. The Labute approximate surface area is 117 Å². The van der Waals surface area contributed by atoms with Gasteiger partial charge in [-0.05, 0) is 43.3 Å². The number of hydrogen-bond acceptors (Lipinski definition) is 4. The first-order valence-electron chi connectivity index (χ1n) is 6.45. The van der Waals surface area contributed by atoms with E-state index in [0.717, 1.165) is 11.4 Å². The quantitative estimate of drug-likeness (QED) is 0.909. The molecule has 20 heavy (non-hydrogen) atoms. The molecule has 0 aliphatic carbocycles. The highest BCUT2D eigenvalue weighted by Gasteiger charge is 2.17. The second kappa shape index (κ2) is 6.25. The zero-order valence-electron chi connectivity index (χ0n) is 11.6.